The third kappa shape index (κ3) is 8.26. The number of fused-ring (bicyclic) bond motifs is 3. The number of aromatic carboxylic acids is 1. The van der Waals surface area contributed by atoms with Gasteiger partial charge in [0.15, 0.2) is 0 Å². The van der Waals surface area contributed by atoms with Crippen molar-refractivity contribution in [2.45, 2.75) is 37.7 Å². The fraction of sp³-hybridized carbons (Fsp3) is 0.423. The van der Waals surface area contributed by atoms with Crippen LogP contribution < -0.4 is 0 Å². The predicted molar refractivity (Wildman–Crippen MR) is 136 cm³/mol. The number of hydrogen-bond acceptors (Lipinski definition) is 7. The molecule has 3 heterocycles. The van der Waals surface area contributed by atoms with Crippen LogP contribution >= 0.6 is 0 Å². The maximum Gasteiger partial charge on any atom is 0.490 e. The lowest BCUT2D eigenvalue weighted by Crippen LogP contribution is -2.52. The van der Waals surface area contributed by atoms with E-state index in [1.54, 1.807) is 42.5 Å². The fourth-order valence-corrected chi connectivity index (χ4v) is 5.67. The second-order valence-electron chi connectivity index (χ2n) is 9.54. The van der Waals surface area contributed by atoms with Gasteiger partial charge in [0, 0.05) is 13.1 Å². The van der Waals surface area contributed by atoms with Crippen molar-refractivity contribution in [1.82, 2.24) is 9.21 Å². The Morgan fingerprint density at radius 3 is 2.12 bits per heavy atom. The zero-order valence-corrected chi connectivity index (χ0v) is 22.3. The molecule has 2 N–H and O–H groups in total. The van der Waals surface area contributed by atoms with Gasteiger partial charge in [-0.3, -0.25) is 4.90 Å². The molecule has 2 aromatic carbocycles. The molecule has 2 aromatic rings. The number of alkyl halides is 3. The number of carboxylic acid groups (broad SMARTS) is 2. The van der Waals surface area contributed by atoms with E-state index in [0.717, 1.165) is 36.5 Å². The second kappa shape index (κ2) is 12.8. The summed E-state index contributed by atoms with van der Waals surface area (Å²) in [6.45, 7) is 2.50. The van der Waals surface area contributed by atoms with E-state index in [-0.39, 0.29) is 24.1 Å². The molecular weight excluding hydrogens is 557 g/mol. The highest BCUT2D eigenvalue weighted by Gasteiger charge is 2.41. The number of benzene rings is 2. The number of carbonyl (C=O) groups is 3. The minimum atomic E-state index is -5.08. The summed E-state index contributed by atoms with van der Waals surface area (Å²) < 4.78 is 64.5. The van der Waals surface area contributed by atoms with Gasteiger partial charge in [0.1, 0.15) is 12.1 Å². The molecule has 0 aromatic heterocycles. The van der Waals surface area contributed by atoms with E-state index in [2.05, 4.69) is 4.90 Å². The zero-order chi connectivity index (χ0) is 29.7. The van der Waals surface area contributed by atoms with E-state index < -0.39 is 40.1 Å². The number of piperidine rings is 3. The summed E-state index contributed by atoms with van der Waals surface area (Å²) in [6, 6.07) is 13.6. The van der Waals surface area contributed by atoms with Gasteiger partial charge in [-0.1, -0.05) is 42.5 Å². The van der Waals surface area contributed by atoms with E-state index in [4.69, 9.17) is 14.6 Å². The van der Waals surface area contributed by atoms with Crippen LogP contribution in [0.5, 0.6) is 0 Å². The van der Waals surface area contributed by atoms with E-state index in [0.29, 0.717) is 17.7 Å². The minimum absolute atomic E-state index is 0.0482. The van der Waals surface area contributed by atoms with E-state index in [1.165, 1.54) is 12.1 Å². The highest BCUT2D eigenvalue weighted by Crippen LogP contribution is 2.33. The summed E-state index contributed by atoms with van der Waals surface area (Å²) in [5.74, 6) is -4.19. The maximum atomic E-state index is 13.5. The zero-order valence-electron chi connectivity index (χ0n) is 21.5. The standard InChI is InChI=1S/C24H28N2O6S.C2HF3O2/c1-33(30,31)26(15-17-6-5-9-20(14-17)23(27)28)22(19-7-3-2-4-8-19)24(29)32-21-16-25-12-10-18(21)11-13-25;3-2(4,5)1(6)7/h2-9,14,18,21-22H,10-13,15-16H2,1H3,(H,27,28);(H,6,7)/t21-,22?;/m0./s1. The van der Waals surface area contributed by atoms with Gasteiger partial charge in [0.2, 0.25) is 10.0 Å². The van der Waals surface area contributed by atoms with Crippen molar-refractivity contribution in [2.24, 2.45) is 5.92 Å². The lowest BCUT2D eigenvalue weighted by molar-refractivity contribution is -0.192. The highest BCUT2D eigenvalue weighted by molar-refractivity contribution is 7.88. The third-order valence-electron chi connectivity index (χ3n) is 6.67. The molecule has 10 nitrogen and oxygen atoms in total. The molecule has 0 spiro atoms. The molecule has 1 unspecified atom stereocenters. The average molecular weight is 587 g/mol. The topological polar surface area (TPSA) is 142 Å². The van der Waals surface area contributed by atoms with Crippen LogP contribution in [0.25, 0.3) is 0 Å². The lowest BCUT2D eigenvalue weighted by atomic mass is 9.86. The van der Waals surface area contributed by atoms with Crippen molar-refractivity contribution in [2.75, 3.05) is 25.9 Å². The Bertz CT molecular complexity index is 1310. The molecule has 3 aliphatic heterocycles. The molecule has 3 saturated heterocycles. The van der Waals surface area contributed by atoms with Crippen molar-refractivity contribution in [3.63, 3.8) is 0 Å². The molecule has 5 rings (SSSR count). The molecule has 2 bridgehead atoms. The van der Waals surface area contributed by atoms with Crippen LogP contribution in [0.1, 0.15) is 40.4 Å². The van der Waals surface area contributed by atoms with Crippen molar-refractivity contribution in [3.8, 4) is 0 Å². The number of halogens is 3. The summed E-state index contributed by atoms with van der Waals surface area (Å²) in [5.41, 5.74) is 1.02. The first-order chi connectivity index (χ1) is 18.7. The predicted octanol–water partition coefficient (Wildman–Crippen LogP) is 3.16. The Hall–Kier alpha value is -3.49. The fourth-order valence-electron chi connectivity index (χ4n) is 4.70. The lowest BCUT2D eigenvalue weighted by Gasteiger charge is -2.44. The normalized spacial score (nSPS) is 21.2. The van der Waals surface area contributed by atoms with E-state index in [9.17, 15) is 36.3 Å². The first-order valence-electron chi connectivity index (χ1n) is 12.2. The summed E-state index contributed by atoms with van der Waals surface area (Å²) >= 11 is 0. The summed E-state index contributed by atoms with van der Waals surface area (Å²) in [6.07, 6.45) is -2.37. The molecule has 3 fully saturated rings. The molecule has 0 radical (unpaired) electrons. The number of ether oxygens (including phenoxy) is 1. The molecule has 0 amide bonds. The number of esters is 1. The number of sulfonamides is 1. The molecule has 218 valence electrons. The molecule has 2 atom stereocenters. The average Bonchev–Trinajstić information content (AvgIpc) is 2.89. The van der Waals surface area contributed by atoms with Crippen LogP contribution in [0.4, 0.5) is 13.2 Å². The SMILES string of the molecule is CS(=O)(=O)N(Cc1cccc(C(=O)O)c1)C(C(=O)O[C@H]1CN2CCC1CC2)c1ccccc1.O=C(O)C(F)(F)F. The molecule has 3 aliphatic rings. The van der Waals surface area contributed by atoms with Gasteiger partial charge in [-0.25, -0.2) is 22.8 Å². The number of aliphatic carboxylic acids is 1. The van der Waals surface area contributed by atoms with E-state index in [1.807, 2.05) is 0 Å². The molecular formula is C26H29F3N2O8S. The van der Waals surface area contributed by atoms with Crippen molar-refractivity contribution >= 4 is 27.9 Å². The van der Waals surface area contributed by atoms with Gasteiger partial charge >= 0.3 is 24.1 Å². The smallest absolute Gasteiger partial charge is 0.478 e. The van der Waals surface area contributed by atoms with Crippen LogP contribution in [-0.4, -0.2) is 83.9 Å². The van der Waals surface area contributed by atoms with Gasteiger partial charge in [-0.2, -0.15) is 17.5 Å². The summed E-state index contributed by atoms with van der Waals surface area (Å²) in [4.78, 5) is 36.0. The minimum Gasteiger partial charge on any atom is -0.478 e. The summed E-state index contributed by atoms with van der Waals surface area (Å²) in [7, 11) is -3.87. The molecule has 0 saturated carbocycles. The van der Waals surface area contributed by atoms with Crippen LogP contribution in [0.3, 0.4) is 0 Å². The summed E-state index contributed by atoms with van der Waals surface area (Å²) in [5, 5.41) is 16.4. The quantitative estimate of drug-likeness (QED) is 0.446. The molecule has 0 aliphatic carbocycles. The van der Waals surface area contributed by atoms with Gasteiger partial charge in [-0.15, -0.1) is 0 Å². The third-order valence-corrected chi connectivity index (χ3v) is 7.86. The monoisotopic (exact) mass is 586 g/mol. The Morgan fingerprint density at radius 1 is 1.05 bits per heavy atom. The van der Waals surface area contributed by atoms with Gasteiger partial charge in [-0.05, 0) is 55.1 Å². The number of carboxylic acids is 2. The first kappa shape index (κ1) is 31.0. The number of nitrogens with zero attached hydrogens (tertiary/aromatic N) is 2. The number of carbonyl (C=O) groups excluding carboxylic acids is 1. The first-order valence-corrected chi connectivity index (χ1v) is 14.1. The maximum absolute atomic E-state index is 13.5. The van der Waals surface area contributed by atoms with Crippen molar-refractivity contribution < 1.29 is 50.9 Å². The highest BCUT2D eigenvalue weighted by atomic mass is 32.2. The number of rotatable bonds is 8. The Morgan fingerprint density at radius 2 is 1.65 bits per heavy atom. The molecule has 40 heavy (non-hydrogen) atoms. The molecule has 14 heteroatoms. The van der Waals surface area contributed by atoms with Crippen molar-refractivity contribution in [3.05, 3.63) is 71.3 Å². The van der Waals surface area contributed by atoms with Crippen molar-refractivity contribution in [1.29, 1.82) is 0 Å². The van der Waals surface area contributed by atoms with Gasteiger partial charge in [0.05, 0.1) is 11.8 Å². The van der Waals surface area contributed by atoms with Gasteiger partial charge in [0.25, 0.3) is 0 Å². The largest absolute Gasteiger partial charge is 0.490 e. The van der Waals surface area contributed by atoms with Crippen LogP contribution in [0.2, 0.25) is 0 Å². The van der Waals surface area contributed by atoms with Gasteiger partial charge < -0.3 is 14.9 Å². The van der Waals surface area contributed by atoms with Crippen LogP contribution in [-0.2, 0) is 30.9 Å². The second-order valence-corrected chi connectivity index (χ2v) is 11.5. The van der Waals surface area contributed by atoms with E-state index >= 15 is 0 Å². The van der Waals surface area contributed by atoms with Crippen LogP contribution in [0, 0.1) is 5.92 Å². The Balaban J connectivity index is 0.000000559. The Labute approximate surface area is 229 Å². The number of hydrogen-bond donors (Lipinski definition) is 2. The van der Waals surface area contributed by atoms with Crippen LogP contribution in [0.15, 0.2) is 54.6 Å². The Kier molecular flexibility index (Phi) is 9.92.